The Morgan fingerprint density at radius 3 is 1.23 bits per heavy atom. The van der Waals surface area contributed by atoms with Crippen molar-refractivity contribution in [1.29, 1.82) is 0 Å². The zero-order chi connectivity index (χ0) is 30.3. The second-order valence-electron chi connectivity index (χ2n) is 11.0. The highest BCUT2D eigenvalue weighted by Gasteiger charge is 2.74. The summed E-state index contributed by atoms with van der Waals surface area (Å²) in [5.74, 6) is -1.73. The van der Waals surface area contributed by atoms with Gasteiger partial charge in [-0.15, -0.1) is 22.7 Å². The van der Waals surface area contributed by atoms with E-state index in [2.05, 4.69) is 0 Å². The Labute approximate surface area is 260 Å². The molecule has 4 aliphatic rings. The number of anilines is 2. The van der Waals surface area contributed by atoms with Crippen LogP contribution in [0.25, 0.3) is 0 Å². The Morgan fingerprint density at radius 1 is 0.523 bits per heavy atom. The third-order valence-electron chi connectivity index (χ3n) is 9.06. The van der Waals surface area contributed by atoms with Gasteiger partial charge in [-0.3, -0.25) is 19.2 Å². The van der Waals surface area contributed by atoms with Crippen LogP contribution in [-0.4, -0.2) is 59.9 Å². The number of hydrogen-bond donors (Lipinski definition) is 0. The molecule has 0 spiro atoms. The molecule has 44 heavy (non-hydrogen) atoms. The van der Waals surface area contributed by atoms with E-state index in [-0.39, 0.29) is 23.6 Å². The van der Waals surface area contributed by atoms with Crippen LogP contribution in [-0.2, 0) is 19.2 Å². The molecular formula is C32H26N4O6S2. The van der Waals surface area contributed by atoms with Gasteiger partial charge in [-0.1, -0.05) is 12.1 Å². The Morgan fingerprint density at radius 2 is 0.909 bits per heavy atom. The maximum absolute atomic E-state index is 14.4. The SMILES string of the molecule is COc1ccc(N2C(=O)C3C(C2=O)N2C(c4cccs4)C4C(=O)N(c5ccc(OC)cc5)C(=O)C4N2C3c2cccs2)cc1. The lowest BCUT2D eigenvalue weighted by Crippen LogP contribution is -2.50. The van der Waals surface area contributed by atoms with Gasteiger partial charge in [-0.25, -0.2) is 19.8 Å². The lowest BCUT2D eigenvalue weighted by molar-refractivity contribution is -0.135. The zero-order valence-corrected chi connectivity index (χ0v) is 25.2. The molecule has 0 radical (unpaired) electrons. The van der Waals surface area contributed by atoms with Crippen molar-refractivity contribution in [3.05, 3.63) is 93.3 Å². The molecular weight excluding hydrogens is 601 g/mol. The molecule has 0 N–H and O–H groups in total. The summed E-state index contributed by atoms with van der Waals surface area (Å²) in [6, 6.07) is 18.3. The molecule has 4 saturated heterocycles. The summed E-state index contributed by atoms with van der Waals surface area (Å²) in [6.45, 7) is 0. The number of amides is 4. The quantitative estimate of drug-likeness (QED) is 0.293. The number of carbonyl (C=O) groups is 4. The fraction of sp³-hybridized carbons (Fsp3) is 0.250. The number of thiophene rings is 2. The summed E-state index contributed by atoms with van der Waals surface area (Å²) in [5.41, 5.74) is 0.910. The van der Waals surface area contributed by atoms with E-state index in [0.29, 0.717) is 22.9 Å². The van der Waals surface area contributed by atoms with Crippen molar-refractivity contribution >= 4 is 57.7 Å². The van der Waals surface area contributed by atoms with Crippen molar-refractivity contribution in [3.63, 3.8) is 0 Å². The second-order valence-corrected chi connectivity index (χ2v) is 13.0. The lowest BCUT2D eigenvalue weighted by atomic mass is 9.88. The van der Waals surface area contributed by atoms with E-state index < -0.39 is 36.0 Å². The van der Waals surface area contributed by atoms with Crippen LogP contribution < -0.4 is 19.3 Å². The van der Waals surface area contributed by atoms with Crippen LogP contribution in [0.5, 0.6) is 11.5 Å². The van der Waals surface area contributed by atoms with Gasteiger partial charge in [0.25, 0.3) is 11.8 Å². The maximum atomic E-state index is 14.4. The van der Waals surface area contributed by atoms with E-state index in [9.17, 15) is 19.2 Å². The number of carbonyl (C=O) groups excluding carboxylic acids is 4. The highest BCUT2D eigenvalue weighted by atomic mass is 32.1. The fourth-order valence-electron chi connectivity index (χ4n) is 7.28. The van der Waals surface area contributed by atoms with Crippen molar-refractivity contribution < 1.29 is 28.7 Å². The van der Waals surface area contributed by atoms with Crippen molar-refractivity contribution in [2.24, 2.45) is 11.8 Å². The Balaban J connectivity index is 1.27. The predicted octanol–water partition coefficient (Wildman–Crippen LogP) is 4.27. The van der Waals surface area contributed by atoms with Crippen LogP contribution in [0.15, 0.2) is 83.6 Å². The van der Waals surface area contributed by atoms with Gasteiger partial charge in [-0.2, -0.15) is 0 Å². The molecule has 2 aromatic carbocycles. The van der Waals surface area contributed by atoms with Gasteiger partial charge >= 0.3 is 0 Å². The zero-order valence-electron chi connectivity index (χ0n) is 23.6. The number of methoxy groups -OCH3 is 2. The molecule has 0 aliphatic carbocycles. The number of benzene rings is 2. The molecule has 0 saturated carbocycles. The van der Waals surface area contributed by atoms with Crippen LogP contribution in [0, 0.1) is 11.8 Å². The largest absolute Gasteiger partial charge is 0.497 e. The first-order chi connectivity index (χ1) is 21.4. The normalized spacial score (nSPS) is 28.1. The number of rotatable bonds is 6. The highest BCUT2D eigenvalue weighted by Crippen LogP contribution is 2.60. The Hall–Kier alpha value is -4.36. The molecule has 2 aromatic heterocycles. The van der Waals surface area contributed by atoms with Gasteiger partial charge in [0.2, 0.25) is 11.8 Å². The standard InChI is InChI=1S/C32H26N4O6S2/c1-41-19-11-7-17(8-12-19)33-29(37)23-25(21-5-3-15-43-21)36-28-24(26(22-6-4-16-44-22)35(36)27(23)31(33)39)30(38)34(32(28)40)18-9-13-20(42-2)14-10-18/h3-16,23-28H,1-2H3. The van der Waals surface area contributed by atoms with E-state index in [1.807, 2.05) is 45.0 Å². The van der Waals surface area contributed by atoms with E-state index in [1.165, 1.54) is 32.5 Å². The average Bonchev–Trinajstić information content (AvgIpc) is 3.88. The summed E-state index contributed by atoms with van der Waals surface area (Å²) < 4.78 is 10.6. The molecule has 6 heterocycles. The van der Waals surface area contributed by atoms with Gasteiger partial charge in [-0.05, 0) is 71.4 Å². The van der Waals surface area contributed by atoms with Crippen molar-refractivity contribution in [1.82, 2.24) is 10.0 Å². The Bertz CT molecular complexity index is 1640. The van der Waals surface area contributed by atoms with Crippen LogP contribution >= 0.6 is 22.7 Å². The third-order valence-corrected chi connectivity index (χ3v) is 10.9. The molecule has 10 nitrogen and oxygen atoms in total. The van der Waals surface area contributed by atoms with Crippen LogP contribution in [0.3, 0.4) is 0 Å². The first-order valence-electron chi connectivity index (χ1n) is 14.1. The maximum Gasteiger partial charge on any atom is 0.253 e. The van der Waals surface area contributed by atoms with E-state index in [1.54, 1.807) is 62.8 Å². The van der Waals surface area contributed by atoms with E-state index in [0.717, 1.165) is 9.75 Å². The third kappa shape index (κ3) is 3.65. The lowest BCUT2D eigenvalue weighted by Gasteiger charge is -2.35. The van der Waals surface area contributed by atoms with Gasteiger partial charge in [0.15, 0.2) is 0 Å². The molecule has 6 atom stereocenters. The van der Waals surface area contributed by atoms with E-state index >= 15 is 0 Å². The molecule has 0 bridgehead atoms. The monoisotopic (exact) mass is 626 g/mol. The summed E-state index contributed by atoms with van der Waals surface area (Å²) in [5, 5.41) is 7.62. The van der Waals surface area contributed by atoms with Crippen LogP contribution in [0.1, 0.15) is 21.8 Å². The molecule has 222 valence electrons. The fourth-order valence-corrected chi connectivity index (χ4v) is 9.01. The van der Waals surface area contributed by atoms with Crippen molar-refractivity contribution in [2.75, 3.05) is 24.0 Å². The molecule has 8 rings (SSSR count). The van der Waals surface area contributed by atoms with Crippen LogP contribution in [0.4, 0.5) is 11.4 Å². The predicted molar refractivity (Wildman–Crippen MR) is 163 cm³/mol. The minimum atomic E-state index is -0.885. The van der Waals surface area contributed by atoms with Gasteiger partial charge in [0.05, 0.1) is 49.5 Å². The first-order valence-corrected chi connectivity index (χ1v) is 15.9. The summed E-state index contributed by atoms with van der Waals surface area (Å²) in [4.78, 5) is 61.6. The summed E-state index contributed by atoms with van der Waals surface area (Å²) in [6.07, 6.45) is 0. The summed E-state index contributed by atoms with van der Waals surface area (Å²) in [7, 11) is 3.11. The average molecular weight is 627 g/mol. The van der Waals surface area contributed by atoms with E-state index in [4.69, 9.17) is 9.47 Å². The minimum Gasteiger partial charge on any atom is -0.497 e. The topological polar surface area (TPSA) is 99.7 Å². The summed E-state index contributed by atoms with van der Waals surface area (Å²) >= 11 is 2.94. The molecule has 6 unspecified atom stereocenters. The molecule has 4 aromatic rings. The molecule has 4 fully saturated rings. The van der Waals surface area contributed by atoms with Crippen molar-refractivity contribution in [3.8, 4) is 11.5 Å². The molecule has 12 heteroatoms. The number of hydrazine groups is 1. The number of imide groups is 2. The number of nitrogens with zero attached hydrogens (tertiary/aromatic N) is 4. The van der Waals surface area contributed by atoms with Gasteiger partial charge in [0, 0.05) is 9.75 Å². The minimum absolute atomic E-state index is 0.330. The second kappa shape index (κ2) is 10.1. The first kappa shape index (κ1) is 27.2. The highest BCUT2D eigenvalue weighted by molar-refractivity contribution is 7.10. The number of hydrogen-bond acceptors (Lipinski definition) is 10. The number of fused-ring (bicyclic) bond motifs is 5. The van der Waals surface area contributed by atoms with Crippen molar-refractivity contribution in [2.45, 2.75) is 24.2 Å². The Kier molecular flexibility index (Phi) is 6.24. The molecule has 4 aliphatic heterocycles. The van der Waals surface area contributed by atoms with Gasteiger partial charge in [0.1, 0.15) is 23.6 Å². The number of ether oxygens (including phenoxy) is 2. The smallest absolute Gasteiger partial charge is 0.253 e. The molecule has 4 amide bonds. The van der Waals surface area contributed by atoms with Gasteiger partial charge < -0.3 is 9.47 Å². The van der Waals surface area contributed by atoms with Crippen LogP contribution in [0.2, 0.25) is 0 Å².